The first-order valence-electron chi connectivity index (χ1n) is 5.46. The minimum absolute atomic E-state index is 0.180. The van der Waals surface area contributed by atoms with E-state index in [1.165, 1.54) is 0 Å². The van der Waals surface area contributed by atoms with Gasteiger partial charge in [-0.25, -0.2) is 4.98 Å². The number of hydrogen-bond acceptors (Lipinski definition) is 3. The average molecular weight is 235 g/mol. The van der Waals surface area contributed by atoms with Crippen molar-refractivity contribution in [2.45, 2.75) is 0 Å². The van der Waals surface area contributed by atoms with Gasteiger partial charge in [-0.05, 0) is 24.3 Å². The zero-order chi connectivity index (χ0) is 12.5. The highest BCUT2D eigenvalue weighted by Gasteiger charge is 2.10. The van der Waals surface area contributed by atoms with E-state index >= 15 is 0 Å². The number of phenols is 1. The summed E-state index contributed by atoms with van der Waals surface area (Å²) in [6.07, 6.45) is 1.61. The molecule has 4 heteroatoms. The van der Waals surface area contributed by atoms with Crippen molar-refractivity contribution >= 4 is 11.0 Å². The predicted molar refractivity (Wildman–Crippen MR) is 67.4 cm³/mol. The molecular formula is C14H9N3O. The average Bonchev–Trinajstić information content (AvgIpc) is 2.83. The number of nitriles is 1. The Bertz CT molecular complexity index is 768. The number of benzene rings is 2. The Kier molecular flexibility index (Phi) is 2.24. The fraction of sp³-hybridized carbons (Fsp3) is 0. The lowest BCUT2D eigenvalue weighted by atomic mass is 10.2. The second-order valence-electron chi connectivity index (χ2n) is 3.89. The number of aromatic hydroxyl groups is 1. The van der Waals surface area contributed by atoms with E-state index in [0.717, 1.165) is 5.52 Å². The molecule has 0 fully saturated rings. The van der Waals surface area contributed by atoms with Crippen LogP contribution in [0.4, 0.5) is 0 Å². The molecule has 2 aromatic carbocycles. The first-order chi connectivity index (χ1) is 8.81. The third-order valence-electron chi connectivity index (χ3n) is 2.84. The fourth-order valence-corrected chi connectivity index (χ4v) is 1.99. The second-order valence-corrected chi connectivity index (χ2v) is 3.89. The lowest BCUT2D eigenvalue weighted by molar-refractivity contribution is 0.472. The molecule has 1 N–H and O–H groups in total. The summed E-state index contributed by atoms with van der Waals surface area (Å²) in [6, 6.07) is 14.5. The number of rotatable bonds is 1. The topological polar surface area (TPSA) is 61.8 Å². The summed E-state index contributed by atoms with van der Waals surface area (Å²) in [5, 5.41) is 18.9. The monoisotopic (exact) mass is 235 g/mol. The molecule has 0 amide bonds. The summed E-state index contributed by atoms with van der Waals surface area (Å²) in [5.41, 5.74) is 2.62. The van der Waals surface area contributed by atoms with Crippen molar-refractivity contribution in [1.29, 1.82) is 5.26 Å². The fourth-order valence-electron chi connectivity index (χ4n) is 1.99. The lowest BCUT2D eigenvalue weighted by Crippen LogP contribution is -1.92. The highest BCUT2D eigenvalue weighted by Crippen LogP contribution is 2.26. The molecule has 4 nitrogen and oxygen atoms in total. The Morgan fingerprint density at radius 1 is 1.11 bits per heavy atom. The van der Waals surface area contributed by atoms with Gasteiger partial charge in [0, 0.05) is 0 Å². The van der Waals surface area contributed by atoms with Crippen molar-refractivity contribution in [3.8, 4) is 17.5 Å². The Balaban J connectivity index is 2.33. The van der Waals surface area contributed by atoms with Crippen molar-refractivity contribution in [3.63, 3.8) is 0 Å². The van der Waals surface area contributed by atoms with Crippen molar-refractivity contribution in [1.82, 2.24) is 9.55 Å². The van der Waals surface area contributed by atoms with Crippen molar-refractivity contribution in [2.75, 3.05) is 0 Å². The van der Waals surface area contributed by atoms with Gasteiger partial charge in [-0.3, -0.25) is 4.57 Å². The normalized spacial score (nSPS) is 10.4. The van der Waals surface area contributed by atoms with Gasteiger partial charge in [0.1, 0.15) is 23.7 Å². The Hall–Kier alpha value is -2.80. The van der Waals surface area contributed by atoms with Gasteiger partial charge in [0.05, 0.1) is 16.8 Å². The third-order valence-corrected chi connectivity index (χ3v) is 2.84. The van der Waals surface area contributed by atoms with E-state index in [4.69, 9.17) is 5.26 Å². The SMILES string of the molecule is N#Cc1cccc2c1ncn2-c1ccccc1O. The summed E-state index contributed by atoms with van der Waals surface area (Å²) >= 11 is 0. The first kappa shape index (κ1) is 10.4. The Morgan fingerprint density at radius 2 is 1.94 bits per heavy atom. The van der Waals surface area contributed by atoms with Crippen LogP contribution in [0.15, 0.2) is 48.8 Å². The van der Waals surface area contributed by atoms with E-state index in [1.54, 1.807) is 41.2 Å². The summed E-state index contributed by atoms with van der Waals surface area (Å²) in [5.74, 6) is 0.180. The molecule has 3 rings (SSSR count). The van der Waals surface area contributed by atoms with E-state index < -0.39 is 0 Å². The van der Waals surface area contributed by atoms with Crippen LogP contribution < -0.4 is 0 Å². The molecule has 1 aromatic heterocycles. The third kappa shape index (κ3) is 1.42. The van der Waals surface area contributed by atoms with Gasteiger partial charge in [-0.2, -0.15) is 5.26 Å². The largest absolute Gasteiger partial charge is 0.506 e. The first-order valence-corrected chi connectivity index (χ1v) is 5.46. The van der Waals surface area contributed by atoms with E-state index in [0.29, 0.717) is 16.8 Å². The standard InChI is InChI=1S/C14H9N3O/c15-8-10-4-3-6-12-14(10)16-9-17(12)11-5-1-2-7-13(11)18/h1-7,9,18H. The summed E-state index contributed by atoms with van der Waals surface area (Å²) in [4.78, 5) is 4.24. The number of para-hydroxylation sites is 3. The smallest absolute Gasteiger partial charge is 0.139 e. The molecule has 0 saturated carbocycles. The van der Waals surface area contributed by atoms with Crippen molar-refractivity contribution in [2.24, 2.45) is 0 Å². The molecule has 0 spiro atoms. The maximum atomic E-state index is 9.85. The molecule has 0 bridgehead atoms. The van der Waals surface area contributed by atoms with Crippen LogP contribution in [-0.4, -0.2) is 14.7 Å². The van der Waals surface area contributed by atoms with Crippen LogP contribution in [0.5, 0.6) is 5.75 Å². The molecule has 0 aliphatic rings. The van der Waals surface area contributed by atoms with Gasteiger partial charge in [0.15, 0.2) is 0 Å². The van der Waals surface area contributed by atoms with Crippen LogP contribution in [0.3, 0.4) is 0 Å². The molecule has 3 aromatic rings. The van der Waals surface area contributed by atoms with Crippen LogP contribution in [0.25, 0.3) is 16.7 Å². The van der Waals surface area contributed by atoms with Crippen LogP contribution in [0.2, 0.25) is 0 Å². The minimum atomic E-state index is 0.180. The van der Waals surface area contributed by atoms with Crippen molar-refractivity contribution < 1.29 is 5.11 Å². The van der Waals surface area contributed by atoms with Crippen LogP contribution >= 0.6 is 0 Å². The zero-order valence-electron chi connectivity index (χ0n) is 9.41. The van der Waals surface area contributed by atoms with E-state index in [1.807, 2.05) is 12.1 Å². The molecule has 18 heavy (non-hydrogen) atoms. The van der Waals surface area contributed by atoms with Crippen LogP contribution in [0.1, 0.15) is 5.56 Å². The van der Waals surface area contributed by atoms with Gasteiger partial charge in [0.2, 0.25) is 0 Å². The van der Waals surface area contributed by atoms with Gasteiger partial charge in [-0.1, -0.05) is 18.2 Å². The molecule has 0 saturated heterocycles. The van der Waals surface area contributed by atoms with Gasteiger partial charge in [0.25, 0.3) is 0 Å². The molecule has 0 atom stereocenters. The van der Waals surface area contributed by atoms with Crippen molar-refractivity contribution in [3.05, 3.63) is 54.4 Å². The zero-order valence-corrected chi connectivity index (χ0v) is 9.41. The highest BCUT2D eigenvalue weighted by atomic mass is 16.3. The number of hydrogen-bond donors (Lipinski definition) is 1. The number of nitrogens with zero attached hydrogens (tertiary/aromatic N) is 3. The Morgan fingerprint density at radius 3 is 2.72 bits per heavy atom. The quantitative estimate of drug-likeness (QED) is 0.705. The Labute approximate surface area is 103 Å². The molecule has 86 valence electrons. The lowest BCUT2D eigenvalue weighted by Gasteiger charge is -2.06. The molecule has 0 unspecified atom stereocenters. The maximum absolute atomic E-state index is 9.85. The number of phenolic OH excluding ortho intramolecular Hbond substituents is 1. The molecular weight excluding hydrogens is 226 g/mol. The van der Waals surface area contributed by atoms with E-state index in [9.17, 15) is 5.11 Å². The number of imidazole rings is 1. The maximum Gasteiger partial charge on any atom is 0.139 e. The summed E-state index contributed by atoms with van der Waals surface area (Å²) in [6.45, 7) is 0. The number of aromatic nitrogens is 2. The van der Waals surface area contributed by atoms with E-state index in [2.05, 4.69) is 11.1 Å². The summed E-state index contributed by atoms with van der Waals surface area (Å²) in [7, 11) is 0. The minimum Gasteiger partial charge on any atom is -0.506 e. The van der Waals surface area contributed by atoms with Crippen LogP contribution in [0, 0.1) is 11.3 Å². The van der Waals surface area contributed by atoms with Crippen LogP contribution in [-0.2, 0) is 0 Å². The molecule has 0 aliphatic carbocycles. The molecule has 0 aliphatic heterocycles. The summed E-state index contributed by atoms with van der Waals surface area (Å²) < 4.78 is 1.77. The van der Waals surface area contributed by atoms with Gasteiger partial charge >= 0.3 is 0 Å². The highest BCUT2D eigenvalue weighted by molar-refractivity contribution is 5.83. The molecule has 0 radical (unpaired) electrons. The second kappa shape index (κ2) is 3.90. The predicted octanol–water partition coefficient (Wildman–Crippen LogP) is 2.60. The van der Waals surface area contributed by atoms with E-state index in [-0.39, 0.29) is 5.75 Å². The van der Waals surface area contributed by atoms with Gasteiger partial charge < -0.3 is 5.11 Å². The number of fused-ring (bicyclic) bond motifs is 1. The van der Waals surface area contributed by atoms with Gasteiger partial charge in [-0.15, -0.1) is 0 Å². The molecule has 1 heterocycles.